The topological polar surface area (TPSA) is 35.8 Å². The molecule has 0 fully saturated rings. The molecule has 0 atom stereocenters. The smallest absolute Gasteiger partial charge is 0.0991 e. The molecule has 2 nitrogen and oxygen atoms in total. The molecule has 3 aliphatic rings. The lowest BCUT2D eigenvalue weighted by Gasteiger charge is -2.27. The molecule has 0 bridgehead atoms. The van der Waals surface area contributed by atoms with Crippen molar-refractivity contribution in [3.05, 3.63) is 56.6 Å². The first-order chi connectivity index (χ1) is 9.86. The highest BCUT2D eigenvalue weighted by molar-refractivity contribution is 8.04. The van der Waals surface area contributed by atoms with E-state index in [2.05, 4.69) is 23.5 Å². The fourth-order valence-corrected chi connectivity index (χ4v) is 5.72. The summed E-state index contributed by atoms with van der Waals surface area (Å²) in [5.74, 6) is 2.73. The van der Waals surface area contributed by atoms with Gasteiger partial charge in [-0.05, 0) is 30.5 Å². The molecule has 0 spiro atoms. The molecule has 0 saturated carbocycles. The SMILES string of the molecule is N#Cc1cccc(C2C3=C(CCS3)NC3=C2SCC3)c1. The van der Waals surface area contributed by atoms with Crippen molar-refractivity contribution in [3.8, 4) is 6.07 Å². The molecule has 4 rings (SSSR count). The Morgan fingerprint density at radius 1 is 1.10 bits per heavy atom. The maximum Gasteiger partial charge on any atom is 0.0991 e. The standard InChI is InChI=1S/C16H14N2S2/c17-9-10-2-1-3-11(8-10)14-15-12(4-6-19-15)18-13-5-7-20-16(13)14/h1-3,8,14,18H,4-7H2. The molecule has 1 aromatic rings. The Balaban J connectivity index is 1.84. The zero-order valence-corrected chi connectivity index (χ0v) is 12.6. The lowest BCUT2D eigenvalue weighted by Crippen LogP contribution is -2.21. The number of nitriles is 1. The van der Waals surface area contributed by atoms with Gasteiger partial charge in [0.15, 0.2) is 0 Å². The highest BCUT2D eigenvalue weighted by Crippen LogP contribution is 2.53. The van der Waals surface area contributed by atoms with Crippen LogP contribution in [0.15, 0.2) is 45.5 Å². The molecule has 1 aromatic carbocycles. The van der Waals surface area contributed by atoms with E-state index in [-0.39, 0.29) is 0 Å². The van der Waals surface area contributed by atoms with E-state index in [9.17, 15) is 0 Å². The summed E-state index contributed by atoms with van der Waals surface area (Å²) < 4.78 is 0. The predicted molar refractivity (Wildman–Crippen MR) is 85.2 cm³/mol. The van der Waals surface area contributed by atoms with Crippen LogP contribution in [-0.4, -0.2) is 11.5 Å². The van der Waals surface area contributed by atoms with Gasteiger partial charge in [0.1, 0.15) is 0 Å². The van der Waals surface area contributed by atoms with Gasteiger partial charge in [0.05, 0.1) is 11.6 Å². The van der Waals surface area contributed by atoms with E-state index in [1.807, 2.05) is 35.7 Å². The third-order valence-corrected chi connectivity index (χ3v) is 6.39. The van der Waals surface area contributed by atoms with E-state index in [1.54, 1.807) is 0 Å². The number of benzene rings is 1. The van der Waals surface area contributed by atoms with Crippen molar-refractivity contribution >= 4 is 23.5 Å². The number of thioether (sulfide) groups is 2. The Morgan fingerprint density at radius 2 is 1.80 bits per heavy atom. The van der Waals surface area contributed by atoms with Crippen molar-refractivity contribution in [1.29, 1.82) is 5.26 Å². The summed E-state index contributed by atoms with van der Waals surface area (Å²) in [6.45, 7) is 0. The second-order valence-electron chi connectivity index (χ2n) is 5.18. The average molecular weight is 298 g/mol. The number of rotatable bonds is 1. The molecule has 1 N–H and O–H groups in total. The average Bonchev–Trinajstić information content (AvgIpc) is 3.12. The molecule has 0 radical (unpaired) electrons. The molecule has 3 aliphatic heterocycles. The fourth-order valence-electron chi connectivity index (χ4n) is 3.10. The monoisotopic (exact) mass is 298 g/mol. The van der Waals surface area contributed by atoms with E-state index >= 15 is 0 Å². The van der Waals surface area contributed by atoms with Gasteiger partial charge in [-0.15, -0.1) is 23.5 Å². The first-order valence-corrected chi connectivity index (χ1v) is 8.82. The molecule has 3 heterocycles. The molecule has 0 aliphatic carbocycles. The van der Waals surface area contributed by atoms with Crippen LogP contribution in [0.1, 0.15) is 29.9 Å². The zero-order valence-electron chi connectivity index (χ0n) is 11.0. The summed E-state index contributed by atoms with van der Waals surface area (Å²) >= 11 is 3.96. The number of hydrogen-bond acceptors (Lipinski definition) is 4. The molecule has 0 saturated heterocycles. The van der Waals surface area contributed by atoms with Crippen LogP contribution >= 0.6 is 23.5 Å². The van der Waals surface area contributed by atoms with Gasteiger partial charge in [0.25, 0.3) is 0 Å². The Labute approximate surface area is 127 Å². The number of allylic oxidation sites excluding steroid dienone is 4. The molecular weight excluding hydrogens is 284 g/mol. The fraction of sp³-hybridized carbons (Fsp3) is 0.312. The summed E-state index contributed by atoms with van der Waals surface area (Å²) in [4.78, 5) is 2.96. The van der Waals surface area contributed by atoms with Gasteiger partial charge < -0.3 is 5.32 Å². The van der Waals surface area contributed by atoms with Crippen LogP contribution in [0.3, 0.4) is 0 Å². The van der Waals surface area contributed by atoms with Crippen molar-refractivity contribution in [3.63, 3.8) is 0 Å². The number of hydrogen-bond donors (Lipinski definition) is 1. The van der Waals surface area contributed by atoms with Crippen LogP contribution in [0.25, 0.3) is 0 Å². The second-order valence-corrected chi connectivity index (χ2v) is 7.45. The first-order valence-electron chi connectivity index (χ1n) is 6.85. The largest absolute Gasteiger partial charge is 0.361 e. The third kappa shape index (κ3) is 1.88. The highest BCUT2D eigenvalue weighted by atomic mass is 32.2. The molecule has 4 heteroatoms. The Morgan fingerprint density at radius 3 is 2.45 bits per heavy atom. The predicted octanol–water partition coefficient (Wildman–Crippen LogP) is 3.94. The van der Waals surface area contributed by atoms with E-state index in [1.165, 1.54) is 38.3 Å². The van der Waals surface area contributed by atoms with Gasteiger partial charge in [-0.3, -0.25) is 0 Å². The summed E-state index contributed by atoms with van der Waals surface area (Å²) in [5.41, 5.74) is 4.87. The van der Waals surface area contributed by atoms with Crippen LogP contribution in [0.4, 0.5) is 0 Å². The summed E-state index contributed by atoms with van der Waals surface area (Å²) in [6, 6.07) is 10.4. The molecule has 100 valence electrons. The van der Waals surface area contributed by atoms with Crippen molar-refractivity contribution in [2.45, 2.75) is 18.8 Å². The third-order valence-electron chi connectivity index (χ3n) is 3.99. The Kier molecular flexibility index (Phi) is 3.05. The van der Waals surface area contributed by atoms with Crippen molar-refractivity contribution in [2.75, 3.05) is 11.5 Å². The van der Waals surface area contributed by atoms with Crippen molar-refractivity contribution in [2.24, 2.45) is 0 Å². The molecule has 0 aromatic heterocycles. The summed E-state index contributed by atoms with van der Waals surface area (Å²) in [6.07, 6.45) is 2.30. The lowest BCUT2D eigenvalue weighted by molar-refractivity contribution is 0.798. The maximum absolute atomic E-state index is 9.14. The van der Waals surface area contributed by atoms with Crippen molar-refractivity contribution < 1.29 is 0 Å². The second kappa shape index (κ2) is 4.91. The quantitative estimate of drug-likeness (QED) is 0.852. The minimum absolute atomic E-state index is 0.370. The summed E-state index contributed by atoms with van der Waals surface area (Å²) in [5, 5.41) is 12.8. The molecule has 0 amide bonds. The zero-order chi connectivity index (χ0) is 13.5. The Bertz CT molecular complexity index is 652. The van der Waals surface area contributed by atoms with Gasteiger partial charge in [-0.25, -0.2) is 0 Å². The van der Waals surface area contributed by atoms with E-state index in [0.29, 0.717) is 5.92 Å². The minimum Gasteiger partial charge on any atom is -0.361 e. The summed E-state index contributed by atoms with van der Waals surface area (Å²) in [7, 11) is 0. The maximum atomic E-state index is 9.14. The van der Waals surface area contributed by atoms with Gasteiger partial charge >= 0.3 is 0 Å². The lowest BCUT2D eigenvalue weighted by atomic mass is 9.92. The van der Waals surface area contributed by atoms with Crippen LogP contribution in [0.2, 0.25) is 0 Å². The van der Waals surface area contributed by atoms with Crippen LogP contribution in [0, 0.1) is 11.3 Å². The normalized spacial score (nSPS) is 21.6. The van der Waals surface area contributed by atoms with Gasteiger partial charge in [-0.2, -0.15) is 5.26 Å². The van der Waals surface area contributed by atoms with Crippen LogP contribution in [0.5, 0.6) is 0 Å². The highest BCUT2D eigenvalue weighted by Gasteiger charge is 2.36. The molecule has 20 heavy (non-hydrogen) atoms. The Hall–Kier alpha value is -1.31. The minimum atomic E-state index is 0.370. The molecular formula is C16H14N2S2. The van der Waals surface area contributed by atoms with E-state index in [4.69, 9.17) is 5.26 Å². The number of nitrogens with one attached hydrogen (secondary N) is 1. The number of nitrogens with zero attached hydrogens (tertiary/aromatic N) is 1. The molecule has 0 unspecified atom stereocenters. The van der Waals surface area contributed by atoms with Crippen LogP contribution < -0.4 is 5.32 Å². The van der Waals surface area contributed by atoms with Gasteiger partial charge in [0.2, 0.25) is 0 Å². The van der Waals surface area contributed by atoms with E-state index in [0.717, 1.165) is 18.4 Å². The number of dihydropyridines is 1. The van der Waals surface area contributed by atoms with Crippen LogP contribution in [-0.2, 0) is 0 Å². The van der Waals surface area contributed by atoms with E-state index < -0.39 is 0 Å². The van der Waals surface area contributed by atoms with Crippen molar-refractivity contribution in [1.82, 2.24) is 5.32 Å². The first kappa shape index (κ1) is 12.4. The van der Waals surface area contributed by atoms with Gasteiger partial charge in [-0.1, -0.05) is 12.1 Å². The van der Waals surface area contributed by atoms with Gasteiger partial charge in [0, 0.05) is 38.6 Å².